The van der Waals surface area contributed by atoms with Gasteiger partial charge >= 0.3 is 0 Å². The van der Waals surface area contributed by atoms with Gasteiger partial charge in [0.2, 0.25) is 0 Å². The second-order valence-corrected chi connectivity index (χ2v) is 6.93. The van der Waals surface area contributed by atoms with Crippen LogP contribution in [0.3, 0.4) is 0 Å². The number of anilines is 1. The zero-order valence-electron chi connectivity index (χ0n) is 11.0. The van der Waals surface area contributed by atoms with Gasteiger partial charge in [0.15, 0.2) is 9.84 Å². The maximum atomic E-state index is 13.5. The third-order valence-electron chi connectivity index (χ3n) is 2.84. The first-order valence-electron chi connectivity index (χ1n) is 5.95. The minimum absolute atomic E-state index is 0.0173. The fourth-order valence-corrected chi connectivity index (χ4v) is 2.57. The molecule has 1 N–H and O–H groups in total. The molecule has 2 aromatic carbocycles. The zero-order chi connectivity index (χ0) is 15.6. The number of rotatable bonds is 4. The number of nitrogens with one attached hydrogen (secondary N) is 1. The predicted octanol–water partition coefficient (Wildman–Crippen LogP) is 3.63. The molecule has 0 unspecified atom stereocenters. The summed E-state index contributed by atoms with van der Waals surface area (Å²) in [5, 5.41) is 3.10. The van der Waals surface area contributed by atoms with E-state index in [-0.39, 0.29) is 17.0 Å². The molecule has 0 fully saturated rings. The van der Waals surface area contributed by atoms with E-state index in [4.69, 9.17) is 11.6 Å². The molecule has 0 aliphatic heterocycles. The largest absolute Gasteiger partial charge is 0.380 e. The van der Waals surface area contributed by atoms with Crippen LogP contribution >= 0.6 is 11.6 Å². The minimum atomic E-state index is -3.37. The van der Waals surface area contributed by atoms with Crippen LogP contribution in [-0.4, -0.2) is 14.7 Å². The molecule has 112 valence electrons. The Morgan fingerprint density at radius 3 is 2.52 bits per heavy atom. The molecule has 7 heteroatoms. The Kier molecular flexibility index (Phi) is 4.49. The molecule has 0 aromatic heterocycles. The van der Waals surface area contributed by atoms with E-state index >= 15 is 0 Å². The van der Waals surface area contributed by atoms with Gasteiger partial charge in [0.05, 0.1) is 15.6 Å². The highest BCUT2D eigenvalue weighted by Crippen LogP contribution is 2.26. The molecule has 0 bridgehead atoms. The van der Waals surface area contributed by atoms with Crippen molar-refractivity contribution in [2.45, 2.75) is 11.4 Å². The molecule has 0 spiro atoms. The second kappa shape index (κ2) is 5.99. The predicted molar refractivity (Wildman–Crippen MR) is 78.2 cm³/mol. The summed E-state index contributed by atoms with van der Waals surface area (Å²) in [6.07, 6.45) is 1.08. The molecule has 0 aliphatic rings. The molecular formula is C14H12ClF2NO2S. The first-order chi connectivity index (χ1) is 9.77. The summed E-state index contributed by atoms with van der Waals surface area (Å²) in [7, 11) is -3.37. The average molecular weight is 332 g/mol. The molecule has 0 atom stereocenters. The van der Waals surface area contributed by atoms with Crippen LogP contribution in [0.5, 0.6) is 0 Å². The summed E-state index contributed by atoms with van der Waals surface area (Å²) in [6, 6.07) is 7.29. The van der Waals surface area contributed by atoms with E-state index in [9.17, 15) is 17.2 Å². The summed E-state index contributed by atoms with van der Waals surface area (Å²) in [4.78, 5) is 0.0918. The maximum Gasteiger partial charge on any atom is 0.175 e. The molecule has 2 aromatic rings. The van der Waals surface area contributed by atoms with Crippen LogP contribution in [0.25, 0.3) is 0 Å². The van der Waals surface area contributed by atoms with Gasteiger partial charge in [0, 0.05) is 18.4 Å². The van der Waals surface area contributed by atoms with Gasteiger partial charge in [-0.25, -0.2) is 17.2 Å². The average Bonchev–Trinajstić information content (AvgIpc) is 2.40. The Balaban J connectivity index is 2.26. The van der Waals surface area contributed by atoms with Crippen molar-refractivity contribution in [1.29, 1.82) is 0 Å². The van der Waals surface area contributed by atoms with E-state index in [1.807, 2.05) is 0 Å². The molecule has 0 saturated carbocycles. The van der Waals surface area contributed by atoms with Crippen molar-refractivity contribution < 1.29 is 17.2 Å². The van der Waals surface area contributed by atoms with Gasteiger partial charge in [-0.15, -0.1) is 0 Å². The summed E-state index contributed by atoms with van der Waals surface area (Å²) in [5.74, 6) is -1.11. The number of halogens is 3. The van der Waals surface area contributed by atoms with E-state index in [1.54, 1.807) is 0 Å². The van der Waals surface area contributed by atoms with Crippen molar-refractivity contribution in [3.05, 3.63) is 58.6 Å². The Morgan fingerprint density at radius 1 is 1.14 bits per heavy atom. The Bertz CT molecular complexity index is 779. The van der Waals surface area contributed by atoms with Crippen LogP contribution < -0.4 is 5.32 Å². The SMILES string of the molecule is CS(=O)(=O)c1ccc(Cl)c(NCc2cc(F)ccc2F)c1. The monoisotopic (exact) mass is 331 g/mol. The Labute approximate surface area is 126 Å². The molecule has 3 nitrogen and oxygen atoms in total. The van der Waals surface area contributed by atoms with Gasteiger partial charge in [0.25, 0.3) is 0 Å². The number of benzene rings is 2. The topological polar surface area (TPSA) is 46.2 Å². The molecular weight excluding hydrogens is 320 g/mol. The van der Waals surface area contributed by atoms with Gasteiger partial charge < -0.3 is 5.32 Å². The van der Waals surface area contributed by atoms with Crippen molar-refractivity contribution in [2.24, 2.45) is 0 Å². The highest BCUT2D eigenvalue weighted by atomic mass is 35.5. The fourth-order valence-electron chi connectivity index (χ4n) is 1.74. The Morgan fingerprint density at radius 2 is 1.86 bits per heavy atom. The third kappa shape index (κ3) is 3.92. The lowest BCUT2D eigenvalue weighted by Gasteiger charge is -2.10. The summed E-state index contributed by atoms with van der Waals surface area (Å²) >= 11 is 5.96. The van der Waals surface area contributed by atoms with Gasteiger partial charge in [-0.2, -0.15) is 0 Å². The van der Waals surface area contributed by atoms with Crippen LogP contribution in [0.1, 0.15) is 5.56 Å². The van der Waals surface area contributed by atoms with E-state index in [0.717, 1.165) is 24.5 Å². The van der Waals surface area contributed by atoms with Gasteiger partial charge in [-0.1, -0.05) is 11.6 Å². The number of hydrogen-bond acceptors (Lipinski definition) is 3. The molecule has 0 radical (unpaired) electrons. The smallest absolute Gasteiger partial charge is 0.175 e. The highest BCUT2D eigenvalue weighted by Gasteiger charge is 2.11. The van der Waals surface area contributed by atoms with E-state index in [2.05, 4.69) is 5.32 Å². The van der Waals surface area contributed by atoms with Crippen LogP contribution in [0.2, 0.25) is 5.02 Å². The van der Waals surface area contributed by atoms with E-state index in [0.29, 0.717) is 10.7 Å². The van der Waals surface area contributed by atoms with Crippen LogP contribution in [0, 0.1) is 11.6 Å². The zero-order valence-corrected chi connectivity index (χ0v) is 12.6. The quantitative estimate of drug-likeness (QED) is 0.930. The normalized spacial score (nSPS) is 11.4. The molecule has 0 amide bonds. The standard InChI is InChI=1S/C14H12ClF2NO2S/c1-21(19,20)11-3-4-12(15)14(7-11)18-8-9-6-10(16)2-5-13(9)17/h2-7,18H,8H2,1H3. The Hall–Kier alpha value is -1.66. The van der Waals surface area contributed by atoms with E-state index in [1.165, 1.54) is 18.2 Å². The van der Waals surface area contributed by atoms with Gasteiger partial charge in [-0.3, -0.25) is 0 Å². The van der Waals surface area contributed by atoms with Crippen molar-refractivity contribution in [2.75, 3.05) is 11.6 Å². The first kappa shape index (κ1) is 15.7. The lowest BCUT2D eigenvalue weighted by atomic mass is 10.2. The lowest BCUT2D eigenvalue weighted by Crippen LogP contribution is -2.04. The highest BCUT2D eigenvalue weighted by molar-refractivity contribution is 7.90. The molecule has 21 heavy (non-hydrogen) atoms. The van der Waals surface area contributed by atoms with Crippen molar-refractivity contribution in [3.8, 4) is 0 Å². The molecule has 0 saturated heterocycles. The number of sulfone groups is 1. The van der Waals surface area contributed by atoms with Gasteiger partial charge in [0.1, 0.15) is 11.6 Å². The van der Waals surface area contributed by atoms with E-state index < -0.39 is 21.5 Å². The van der Waals surface area contributed by atoms with Crippen LogP contribution in [0.4, 0.5) is 14.5 Å². The molecule has 0 heterocycles. The molecule has 2 rings (SSSR count). The van der Waals surface area contributed by atoms with Crippen molar-refractivity contribution in [3.63, 3.8) is 0 Å². The van der Waals surface area contributed by atoms with Crippen molar-refractivity contribution in [1.82, 2.24) is 0 Å². The van der Waals surface area contributed by atoms with Crippen LogP contribution in [-0.2, 0) is 16.4 Å². The fraction of sp³-hybridized carbons (Fsp3) is 0.143. The second-order valence-electron chi connectivity index (χ2n) is 4.50. The summed E-state index contributed by atoms with van der Waals surface area (Å²) in [5.41, 5.74) is 0.457. The minimum Gasteiger partial charge on any atom is -0.380 e. The summed E-state index contributed by atoms with van der Waals surface area (Å²) < 4.78 is 49.6. The van der Waals surface area contributed by atoms with Crippen LogP contribution in [0.15, 0.2) is 41.3 Å². The number of hydrogen-bond donors (Lipinski definition) is 1. The van der Waals surface area contributed by atoms with Gasteiger partial charge in [-0.05, 0) is 36.4 Å². The summed E-state index contributed by atoms with van der Waals surface area (Å²) in [6.45, 7) is -0.0173. The maximum absolute atomic E-state index is 13.5. The first-order valence-corrected chi connectivity index (χ1v) is 8.22. The van der Waals surface area contributed by atoms with Crippen molar-refractivity contribution >= 4 is 27.1 Å². The lowest BCUT2D eigenvalue weighted by molar-refractivity contribution is 0.587. The molecule has 0 aliphatic carbocycles. The third-order valence-corrected chi connectivity index (χ3v) is 4.28.